The Morgan fingerprint density at radius 3 is 2.76 bits per heavy atom. The van der Waals surface area contributed by atoms with E-state index in [1.807, 2.05) is 12.1 Å². The molecule has 8 heteroatoms. The smallest absolute Gasteiger partial charge is 0.305 e. The average molecular weight is 453 g/mol. The van der Waals surface area contributed by atoms with Crippen molar-refractivity contribution in [3.63, 3.8) is 0 Å². The number of halogens is 1. The number of nitrogens with zero attached hydrogens (tertiary/aromatic N) is 2. The fraction of sp³-hybridized carbons (Fsp3) is 0.480. The molecule has 3 aromatic rings. The van der Waals surface area contributed by atoms with Gasteiger partial charge in [-0.25, -0.2) is 9.37 Å². The summed E-state index contributed by atoms with van der Waals surface area (Å²) < 4.78 is 25.0. The lowest BCUT2D eigenvalue weighted by molar-refractivity contribution is -0.143. The second kappa shape index (κ2) is 9.19. The number of imidazole rings is 1. The minimum absolute atomic E-state index is 0.130. The molecule has 1 aromatic carbocycles. The molecular formula is C25H29FN4O3. The van der Waals surface area contributed by atoms with Crippen molar-refractivity contribution >= 4 is 17.0 Å². The van der Waals surface area contributed by atoms with Crippen LogP contribution in [-0.2, 0) is 19.9 Å². The van der Waals surface area contributed by atoms with Gasteiger partial charge in [0.1, 0.15) is 17.2 Å². The molecule has 2 fully saturated rings. The number of benzene rings is 1. The van der Waals surface area contributed by atoms with Crippen molar-refractivity contribution in [2.24, 2.45) is 5.92 Å². The van der Waals surface area contributed by atoms with Crippen LogP contribution in [0.3, 0.4) is 0 Å². The molecule has 1 saturated carbocycles. The highest BCUT2D eigenvalue weighted by Gasteiger charge is 2.41. The standard InChI is InChI=1S/C25H29FN4O3/c1-32-23(31)12-16-2-6-19(7-3-16)33-25(10-11-27-15-25)22-9-4-17(14-28-22)24-29-20-8-5-18(26)13-21(20)30-24/h4-5,8-9,13-14,16,19,27H,2-3,6-7,10-12,15H2,1H3,(H,29,30)/t16?,19?,25-/m0/s1. The molecule has 1 saturated heterocycles. The van der Waals surface area contributed by atoms with Gasteiger partial charge < -0.3 is 19.8 Å². The fourth-order valence-electron chi connectivity index (χ4n) is 5.06. The van der Waals surface area contributed by atoms with E-state index in [4.69, 9.17) is 14.5 Å². The first-order chi connectivity index (χ1) is 16.0. The Hall–Kier alpha value is -2.84. The predicted molar refractivity (Wildman–Crippen MR) is 122 cm³/mol. The lowest BCUT2D eigenvalue weighted by Crippen LogP contribution is -2.38. The number of pyridine rings is 1. The maximum Gasteiger partial charge on any atom is 0.305 e. The van der Waals surface area contributed by atoms with Gasteiger partial charge in [0, 0.05) is 24.7 Å². The van der Waals surface area contributed by atoms with Crippen LogP contribution in [0.4, 0.5) is 4.39 Å². The Bertz CT molecular complexity index is 1120. The van der Waals surface area contributed by atoms with Crippen LogP contribution in [0.25, 0.3) is 22.4 Å². The van der Waals surface area contributed by atoms with Gasteiger partial charge in [0.05, 0.1) is 29.9 Å². The third-order valence-corrected chi connectivity index (χ3v) is 6.93. The van der Waals surface area contributed by atoms with Gasteiger partial charge in [0.15, 0.2) is 0 Å². The molecular weight excluding hydrogens is 423 g/mol. The third kappa shape index (κ3) is 4.63. The number of hydrogen-bond acceptors (Lipinski definition) is 6. The number of nitrogens with one attached hydrogen (secondary N) is 2. The van der Waals surface area contributed by atoms with Crippen LogP contribution in [0.15, 0.2) is 36.5 Å². The summed E-state index contributed by atoms with van der Waals surface area (Å²) in [5.74, 6) is 0.621. The highest BCUT2D eigenvalue weighted by Crippen LogP contribution is 2.38. The van der Waals surface area contributed by atoms with Gasteiger partial charge in [0.25, 0.3) is 0 Å². The number of aromatic nitrogens is 3. The minimum atomic E-state index is -0.449. The lowest BCUT2D eigenvalue weighted by Gasteiger charge is -2.36. The van der Waals surface area contributed by atoms with Crippen molar-refractivity contribution in [2.75, 3.05) is 20.2 Å². The van der Waals surface area contributed by atoms with E-state index in [0.29, 0.717) is 23.7 Å². The molecule has 2 aromatic heterocycles. The molecule has 0 spiro atoms. The van der Waals surface area contributed by atoms with Crippen LogP contribution in [0.5, 0.6) is 0 Å². The predicted octanol–water partition coefficient (Wildman–Crippen LogP) is 4.09. The normalized spacial score (nSPS) is 25.4. The molecule has 2 aliphatic rings. The Morgan fingerprint density at radius 1 is 1.21 bits per heavy atom. The molecule has 0 radical (unpaired) electrons. The van der Waals surface area contributed by atoms with Gasteiger partial charge in [-0.15, -0.1) is 0 Å². The molecule has 33 heavy (non-hydrogen) atoms. The first-order valence-corrected chi connectivity index (χ1v) is 11.6. The molecule has 1 aliphatic carbocycles. The van der Waals surface area contributed by atoms with Crippen LogP contribution in [-0.4, -0.2) is 47.2 Å². The first-order valence-electron chi connectivity index (χ1n) is 11.6. The third-order valence-electron chi connectivity index (χ3n) is 6.93. The number of methoxy groups -OCH3 is 1. The fourth-order valence-corrected chi connectivity index (χ4v) is 5.06. The number of carbonyl (C=O) groups is 1. The van der Waals surface area contributed by atoms with Crippen LogP contribution in [0, 0.1) is 11.7 Å². The maximum absolute atomic E-state index is 13.5. The van der Waals surface area contributed by atoms with Crippen molar-refractivity contribution < 1.29 is 18.7 Å². The number of ether oxygens (including phenoxy) is 2. The largest absolute Gasteiger partial charge is 0.469 e. The molecule has 0 bridgehead atoms. The summed E-state index contributed by atoms with van der Waals surface area (Å²) in [7, 11) is 1.44. The van der Waals surface area contributed by atoms with Gasteiger partial charge in [0.2, 0.25) is 0 Å². The van der Waals surface area contributed by atoms with Crippen molar-refractivity contribution in [1.29, 1.82) is 0 Å². The van der Waals surface area contributed by atoms with Gasteiger partial charge in [-0.05, 0) is 74.9 Å². The molecule has 0 amide bonds. The monoisotopic (exact) mass is 452 g/mol. The summed E-state index contributed by atoms with van der Waals surface area (Å²) in [4.78, 5) is 24.1. The molecule has 5 rings (SSSR count). The van der Waals surface area contributed by atoms with Crippen LogP contribution < -0.4 is 5.32 Å². The van der Waals surface area contributed by atoms with E-state index in [2.05, 4.69) is 15.3 Å². The second-order valence-corrected chi connectivity index (χ2v) is 9.14. The van der Waals surface area contributed by atoms with E-state index in [9.17, 15) is 9.18 Å². The Morgan fingerprint density at radius 2 is 2.06 bits per heavy atom. The second-order valence-electron chi connectivity index (χ2n) is 9.14. The summed E-state index contributed by atoms with van der Waals surface area (Å²) in [5.41, 5.74) is 2.69. The number of fused-ring (bicyclic) bond motifs is 1. The molecule has 3 heterocycles. The Kier molecular flexibility index (Phi) is 6.12. The number of H-pyrrole nitrogens is 1. The quantitative estimate of drug-likeness (QED) is 0.548. The van der Waals surface area contributed by atoms with Crippen LogP contribution in [0.1, 0.15) is 44.2 Å². The molecule has 1 aliphatic heterocycles. The van der Waals surface area contributed by atoms with Crippen molar-refractivity contribution in [3.8, 4) is 11.4 Å². The summed E-state index contributed by atoms with van der Waals surface area (Å²) in [5, 5.41) is 3.43. The van der Waals surface area contributed by atoms with Crippen molar-refractivity contribution in [1.82, 2.24) is 20.3 Å². The Labute approximate surface area is 192 Å². The number of carbonyl (C=O) groups excluding carboxylic acids is 1. The van der Waals surface area contributed by atoms with E-state index in [1.165, 1.54) is 19.2 Å². The maximum atomic E-state index is 13.5. The number of hydrogen-bond donors (Lipinski definition) is 2. The van der Waals surface area contributed by atoms with Crippen LogP contribution >= 0.6 is 0 Å². The van der Waals surface area contributed by atoms with Gasteiger partial charge in [-0.1, -0.05) is 0 Å². The number of aromatic amines is 1. The Balaban J connectivity index is 1.29. The van der Waals surface area contributed by atoms with Crippen molar-refractivity contribution in [3.05, 3.63) is 48.0 Å². The van der Waals surface area contributed by atoms with Crippen molar-refractivity contribution in [2.45, 2.75) is 50.2 Å². The summed E-state index contributed by atoms with van der Waals surface area (Å²) in [6.45, 7) is 1.61. The zero-order valence-corrected chi connectivity index (χ0v) is 18.8. The van der Waals surface area contributed by atoms with Gasteiger partial charge >= 0.3 is 5.97 Å². The zero-order chi connectivity index (χ0) is 22.8. The summed E-state index contributed by atoms with van der Waals surface area (Å²) in [6, 6.07) is 8.53. The topological polar surface area (TPSA) is 89.1 Å². The van der Waals surface area contributed by atoms with Gasteiger partial charge in [-0.2, -0.15) is 0 Å². The van der Waals surface area contributed by atoms with E-state index >= 15 is 0 Å². The highest BCUT2D eigenvalue weighted by atomic mass is 19.1. The highest BCUT2D eigenvalue weighted by molar-refractivity contribution is 5.79. The number of rotatable bonds is 6. The van der Waals surface area contributed by atoms with E-state index in [1.54, 1.807) is 12.3 Å². The summed E-state index contributed by atoms with van der Waals surface area (Å²) in [6.07, 6.45) is 7.16. The minimum Gasteiger partial charge on any atom is -0.469 e. The average Bonchev–Trinajstić information content (AvgIpc) is 3.48. The number of esters is 1. The first kappa shape index (κ1) is 22.0. The molecule has 0 unspecified atom stereocenters. The van der Waals surface area contributed by atoms with Crippen LogP contribution in [0.2, 0.25) is 0 Å². The summed E-state index contributed by atoms with van der Waals surface area (Å²) >= 11 is 0. The van der Waals surface area contributed by atoms with E-state index in [0.717, 1.165) is 62.0 Å². The molecule has 1 atom stereocenters. The lowest BCUT2D eigenvalue weighted by atomic mass is 9.84. The van der Waals surface area contributed by atoms with Gasteiger partial charge in [-0.3, -0.25) is 9.78 Å². The zero-order valence-electron chi connectivity index (χ0n) is 18.8. The molecule has 174 valence electrons. The molecule has 2 N–H and O–H groups in total. The van der Waals surface area contributed by atoms with E-state index < -0.39 is 5.60 Å². The van der Waals surface area contributed by atoms with E-state index in [-0.39, 0.29) is 17.9 Å². The SMILES string of the molecule is COC(=O)CC1CCC(O[C@@]2(c3ccc(-c4nc5ccc(F)cc5[nH]4)cn3)CCNC2)CC1. The molecule has 7 nitrogen and oxygen atoms in total.